The summed E-state index contributed by atoms with van der Waals surface area (Å²) in [4.78, 5) is 50.2. The molecule has 3 rings (SSSR count). The molecule has 0 aliphatic heterocycles. The van der Waals surface area contributed by atoms with E-state index in [1.54, 1.807) is 60.7 Å². The number of ether oxygens (including phenoxy) is 2. The van der Waals surface area contributed by atoms with Gasteiger partial charge in [-0.1, -0.05) is 50.2 Å². The van der Waals surface area contributed by atoms with Gasteiger partial charge < -0.3 is 36.3 Å². The SMILES string of the molecule is CC(C)CNC(=S)N[C@H]1C[C@@](O)(C(=O)NCC(N)=O)C[C@@H](OC(=O)Nc2ccccc2)[C@@H]1OC(=O)Nc1ccccc1. The molecule has 0 heterocycles. The summed E-state index contributed by atoms with van der Waals surface area (Å²) >= 11 is 5.42. The number of benzene rings is 2. The van der Waals surface area contributed by atoms with Gasteiger partial charge in [0.2, 0.25) is 5.91 Å². The number of aliphatic hydroxyl groups is 1. The average Bonchev–Trinajstić information content (AvgIpc) is 2.93. The van der Waals surface area contributed by atoms with Crippen molar-refractivity contribution in [2.75, 3.05) is 23.7 Å². The van der Waals surface area contributed by atoms with Crippen molar-refractivity contribution in [1.82, 2.24) is 16.0 Å². The summed E-state index contributed by atoms with van der Waals surface area (Å²) in [6.45, 7) is 3.95. The zero-order valence-electron chi connectivity index (χ0n) is 23.3. The minimum atomic E-state index is -2.16. The summed E-state index contributed by atoms with van der Waals surface area (Å²) < 4.78 is 11.4. The molecule has 13 nitrogen and oxygen atoms in total. The highest BCUT2D eigenvalue weighted by Crippen LogP contribution is 2.34. The molecule has 0 radical (unpaired) electrons. The van der Waals surface area contributed by atoms with E-state index in [9.17, 15) is 24.3 Å². The van der Waals surface area contributed by atoms with Gasteiger partial charge in [-0.3, -0.25) is 20.2 Å². The van der Waals surface area contributed by atoms with Crippen LogP contribution in [0.4, 0.5) is 21.0 Å². The van der Waals surface area contributed by atoms with Gasteiger partial charge in [-0.05, 0) is 42.4 Å². The number of anilines is 2. The van der Waals surface area contributed by atoms with Gasteiger partial charge in [0.15, 0.2) is 11.2 Å². The molecule has 2 aromatic rings. The van der Waals surface area contributed by atoms with Crippen molar-refractivity contribution in [2.24, 2.45) is 11.7 Å². The lowest BCUT2D eigenvalue weighted by atomic mass is 9.77. The molecule has 4 atom stereocenters. The number of hydrogen-bond donors (Lipinski definition) is 7. The fraction of sp³-hybridized carbons (Fsp3) is 0.393. The maximum Gasteiger partial charge on any atom is 0.412 e. The van der Waals surface area contributed by atoms with Gasteiger partial charge in [0.05, 0.1) is 12.6 Å². The zero-order valence-corrected chi connectivity index (χ0v) is 24.1. The highest BCUT2D eigenvalue weighted by Gasteiger charge is 2.53. The number of para-hydroxylation sites is 2. The van der Waals surface area contributed by atoms with Crippen LogP contribution in [0.3, 0.4) is 0 Å². The van der Waals surface area contributed by atoms with E-state index in [-0.39, 0.29) is 17.5 Å². The van der Waals surface area contributed by atoms with Crippen molar-refractivity contribution in [3.63, 3.8) is 0 Å². The number of nitrogens with one attached hydrogen (secondary N) is 5. The lowest BCUT2D eigenvalue weighted by molar-refractivity contribution is -0.157. The van der Waals surface area contributed by atoms with Gasteiger partial charge in [-0.25, -0.2) is 9.59 Å². The normalized spacial score (nSPS) is 21.4. The first-order chi connectivity index (χ1) is 19.9. The molecule has 4 amide bonds. The van der Waals surface area contributed by atoms with Crippen LogP contribution < -0.4 is 32.3 Å². The van der Waals surface area contributed by atoms with Gasteiger partial charge in [-0.2, -0.15) is 0 Å². The van der Waals surface area contributed by atoms with Gasteiger partial charge in [-0.15, -0.1) is 0 Å². The van der Waals surface area contributed by atoms with E-state index in [2.05, 4.69) is 26.6 Å². The Morgan fingerprint density at radius 1 is 0.929 bits per heavy atom. The van der Waals surface area contributed by atoms with Crippen LogP contribution in [0.5, 0.6) is 0 Å². The van der Waals surface area contributed by atoms with E-state index >= 15 is 0 Å². The predicted octanol–water partition coefficient (Wildman–Crippen LogP) is 1.84. The maximum atomic E-state index is 13.0. The molecule has 1 fully saturated rings. The monoisotopic (exact) mass is 600 g/mol. The molecule has 2 aromatic carbocycles. The molecular formula is C28H36N6O7S. The Bertz CT molecular complexity index is 1250. The molecule has 8 N–H and O–H groups in total. The first-order valence-electron chi connectivity index (χ1n) is 13.3. The second kappa shape index (κ2) is 15.0. The molecule has 42 heavy (non-hydrogen) atoms. The number of thiocarbonyl (C=S) groups is 1. The molecule has 0 saturated heterocycles. The molecule has 226 valence electrons. The minimum Gasteiger partial charge on any atom is -0.442 e. The second-order valence-corrected chi connectivity index (χ2v) is 10.6. The summed E-state index contributed by atoms with van der Waals surface area (Å²) in [5.41, 5.74) is 3.89. The molecule has 1 saturated carbocycles. The van der Waals surface area contributed by atoms with Gasteiger partial charge in [0, 0.05) is 30.8 Å². The average molecular weight is 601 g/mol. The van der Waals surface area contributed by atoms with Crippen molar-refractivity contribution in [3.05, 3.63) is 60.7 Å². The summed E-state index contributed by atoms with van der Waals surface area (Å²) in [6.07, 6.45) is -5.10. The predicted molar refractivity (Wildman–Crippen MR) is 159 cm³/mol. The molecule has 1 aliphatic carbocycles. The molecular weight excluding hydrogens is 564 g/mol. The highest BCUT2D eigenvalue weighted by atomic mass is 32.1. The fourth-order valence-electron chi connectivity index (χ4n) is 4.30. The Morgan fingerprint density at radius 3 is 2.00 bits per heavy atom. The van der Waals surface area contributed by atoms with E-state index in [1.165, 1.54) is 0 Å². The standard InChI is InChI=1S/C28H36N6O7S/c1-17(2)15-31-25(42)34-20-13-28(39,24(36)30-16-22(29)35)14-21(40-26(37)32-18-9-5-3-6-10-18)23(20)41-27(38)33-19-11-7-4-8-12-19/h3-12,17,20-21,23,39H,13-16H2,1-2H3,(H2,29,35)(H,30,36)(H,32,37)(H,33,38)(H2,31,34,42)/t20-,21+,23+,28-/m0/s1. The highest BCUT2D eigenvalue weighted by molar-refractivity contribution is 7.80. The first kappa shape index (κ1) is 32.1. The molecule has 14 heteroatoms. The second-order valence-electron chi connectivity index (χ2n) is 10.2. The summed E-state index contributed by atoms with van der Waals surface area (Å²) in [5, 5.41) is 25.1. The van der Waals surface area contributed by atoms with Crippen molar-refractivity contribution in [2.45, 2.75) is 50.5 Å². The third-order valence-electron chi connectivity index (χ3n) is 6.23. The number of nitrogens with two attached hydrogens (primary N) is 1. The molecule has 1 aliphatic rings. The summed E-state index contributed by atoms with van der Waals surface area (Å²) in [7, 11) is 0. The molecule has 0 unspecified atom stereocenters. The first-order valence-corrected chi connectivity index (χ1v) is 13.7. The third kappa shape index (κ3) is 9.89. The molecule has 0 bridgehead atoms. The quantitative estimate of drug-likeness (QED) is 0.198. The van der Waals surface area contributed by atoms with Gasteiger partial charge in [0.25, 0.3) is 5.91 Å². The van der Waals surface area contributed by atoms with Crippen molar-refractivity contribution in [3.8, 4) is 0 Å². The smallest absolute Gasteiger partial charge is 0.412 e. The Hall–Kier alpha value is -4.43. The minimum absolute atomic E-state index is 0.167. The van der Waals surface area contributed by atoms with Crippen molar-refractivity contribution < 1.29 is 33.8 Å². The Kier molecular flexibility index (Phi) is 11.4. The van der Waals surface area contributed by atoms with Crippen LogP contribution in [0, 0.1) is 5.92 Å². The van der Waals surface area contributed by atoms with E-state index < -0.39 is 60.8 Å². The lowest BCUT2D eigenvalue weighted by Crippen LogP contribution is -2.65. The Morgan fingerprint density at radius 2 is 1.48 bits per heavy atom. The van der Waals surface area contributed by atoms with E-state index in [1.807, 2.05) is 13.8 Å². The van der Waals surface area contributed by atoms with Crippen LogP contribution in [0.2, 0.25) is 0 Å². The van der Waals surface area contributed by atoms with Crippen LogP contribution in [-0.4, -0.2) is 71.2 Å². The van der Waals surface area contributed by atoms with Crippen molar-refractivity contribution in [1.29, 1.82) is 0 Å². The number of carbonyl (C=O) groups excluding carboxylic acids is 4. The summed E-state index contributed by atoms with van der Waals surface area (Å²) in [6, 6.07) is 16.0. The lowest BCUT2D eigenvalue weighted by Gasteiger charge is -2.44. The number of amides is 4. The van der Waals surface area contributed by atoms with E-state index in [0.29, 0.717) is 17.9 Å². The van der Waals surface area contributed by atoms with Crippen LogP contribution >= 0.6 is 12.2 Å². The number of primary amides is 1. The largest absolute Gasteiger partial charge is 0.442 e. The topological polar surface area (TPSA) is 193 Å². The van der Waals surface area contributed by atoms with Crippen LogP contribution in [0.15, 0.2) is 60.7 Å². The Labute approximate surface area is 248 Å². The van der Waals surface area contributed by atoms with Crippen LogP contribution in [0.1, 0.15) is 26.7 Å². The summed E-state index contributed by atoms with van der Waals surface area (Å²) in [5.74, 6) is -1.49. The van der Waals surface area contributed by atoms with E-state index in [0.717, 1.165) is 0 Å². The third-order valence-corrected chi connectivity index (χ3v) is 6.50. The van der Waals surface area contributed by atoms with Crippen molar-refractivity contribution >= 4 is 52.7 Å². The fourth-order valence-corrected chi connectivity index (χ4v) is 4.54. The number of hydrogen-bond acceptors (Lipinski definition) is 8. The number of carbonyl (C=O) groups is 4. The van der Waals surface area contributed by atoms with Crippen LogP contribution in [-0.2, 0) is 19.1 Å². The maximum absolute atomic E-state index is 13.0. The van der Waals surface area contributed by atoms with Gasteiger partial charge >= 0.3 is 12.2 Å². The Balaban J connectivity index is 1.90. The van der Waals surface area contributed by atoms with Crippen LogP contribution in [0.25, 0.3) is 0 Å². The molecule has 0 aromatic heterocycles. The molecule has 0 spiro atoms. The zero-order chi connectivity index (χ0) is 30.7. The van der Waals surface area contributed by atoms with E-state index in [4.69, 9.17) is 27.4 Å². The van der Waals surface area contributed by atoms with Gasteiger partial charge in [0.1, 0.15) is 11.7 Å². The number of rotatable bonds is 10.